The third-order valence-corrected chi connectivity index (χ3v) is 1.73. The molecular weight excluding hydrogens is 344 g/mol. The van der Waals surface area contributed by atoms with Gasteiger partial charge in [-0.1, -0.05) is 0 Å². The van der Waals surface area contributed by atoms with Gasteiger partial charge >= 0.3 is 99.4 Å². The fourth-order valence-corrected chi connectivity index (χ4v) is 0.733. The zero-order chi connectivity index (χ0) is 15.2. The standard InChI is InChI=1S/C10H14O9.2Ca.4H/c1-4(11)8(15)18-7(14)3-6(13)10(17)19-9(16)5(2)12;;;;;;/h4-6,11-13H,3H2,1-2H3;;;;;;/q;2*+2;4*-1. The van der Waals surface area contributed by atoms with Crippen molar-refractivity contribution in [3.63, 3.8) is 0 Å². The first-order chi connectivity index (χ1) is 8.65. The van der Waals surface area contributed by atoms with Gasteiger partial charge in [0.2, 0.25) is 0 Å². The molecule has 0 radical (unpaired) electrons. The van der Waals surface area contributed by atoms with Gasteiger partial charge in [-0.25, -0.2) is 14.4 Å². The first kappa shape index (κ1) is 26.6. The van der Waals surface area contributed by atoms with E-state index in [1.54, 1.807) is 0 Å². The average Bonchev–Trinajstić information content (AvgIpc) is 2.27. The van der Waals surface area contributed by atoms with Gasteiger partial charge < -0.3 is 30.5 Å². The Bertz CT molecular complexity index is 397. The molecule has 0 rings (SSSR count). The summed E-state index contributed by atoms with van der Waals surface area (Å²) in [4.78, 5) is 43.7. The van der Waals surface area contributed by atoms with Crippen molar-refractivity contribution in [2.45, 2.75) is 38.6 Å². The second-order valence-electron chi connectivity index (χ2n) is 3.61. The molecule has 0 amide bonds. The Hall–Kier alpha value is 0.679. The molecule has 0 aromatic rings. The van der Waals surface area contributed by atoms with Crippen molar-refractivity contribution in [2.24, 2.45) is 0 Å². The Morgan fingerprint density at radius 1 is 0.857 bits per heavy atom. The summed E-state index contributed by atoms with van der Waals surface area (Å²) in [6.07, 6.45) is -6.08. The Morgan fingerprint density at radius 3 is 1.62 bits per heavy atom. The van der Waals surface area contributed by atoms with Crippen LogP contribution < -0.4 is 0 Å². The van der Waals surface area contributed by atoms with E-state index in [9.17, 15) is 24.3 Å². The number of esters is 4. The third kappa shape index (κ3) is 11.8. The quantitative estimate of drug-likeness (QED) is 0.270. The van der Waals surface area contributed by atoms with Crippen LogP contribution in [0.15, 0.2) is 0 Å². The number of rotatable bonds is 5. The van der Waals surface area contributed by atoms with Crippen LogP contribution in [-0.2, 0) is 28.7 Å². The molecule has 0 aromatic heterocycles. The molecule has 116 valence electrons. The minimum atomic E-state index is -2.03. The molecule has 0 bridgehead atoms. The molecule has 3 N–H and O–H groups in total. The predicted octanol–water partition coefficient (Wildman–Crippen LogP) is -2.67. The minimum Gasteiger partial charge on any atom is -1.00 e. The maximum Gasteiger partial charge on any atom is 2.00 e. The molecule has 9 nitrogen and oxygen atoms in total. The van der Waals surface area contributed by atoms with Gasteiger partial charge in [0.15, 0.2) is 6.10 Å². The van der Waals surface area contributed by atoms with Crippen molar-refractivity contribution in [2.75, 3.05) is 0 Å². The molecule has 21 heavy (non-hydrogen) atoms. The fourth-order valence-electron chi connectivity index (χ4n) is 0.733. The molecule has 0 aliphatic rings. The summed E-state index contributed by atoms with van der Waals surface area (Å²) in [6, 6.07) is 0. The third-order valence-electron chi connectivity index (χ3n) is 1.73. The fraction of sp³-hybridized carbons (Fsp3) is 0.600. The molecule has 0 aromatic carbocycles. The number of hydrogen-bond acceptors (Lipinski definition) is 9. The Labute approximate surface area is 185 Å². The van der Waals surface area contributed by atoms with Crippen LogP contribution in [0, 0.1) is 0 Å². The largest absolute Gasteiger partial charge is 2.00 e. The Morgan fingerprint density at radius 2 is 1.24 bits per heavy atom. The molecule has 0 aliphatic heterocycles. The molecule has 0 saturated carbocycles. The van der Waals surface area contributed by atoms with Crippen molar-refractivity contribution in [1.82, 2.24) is 0 Å². The topological polar surface area (TPSA) is 147 Å². The number of aliphatic hydroxyl groups excluding tert-OH is 3. The van der Waals surface area contributed by atoms with E-state index in [-0.39, 0.29) is 81.2 Å². The first-order valence-corrected chi connectivity index (χ1v) is 5.19. The zero-order valence-corrected chi connectivity index (χ0v) is 16.1. The maximum absolute atomic E-state index is 11.1. The Balaban J connectivity index is -0.000000108. The van der Waals surface area contributed by atoms with Crippen molar-refractivity contribution in [3.8, 4) is 0 Å². The number of carbonyl (C=O) groups excluding carboxylic acids is 4. The van der Waals surface area contributed by atoms with Crippen molar-refractivity contribution in [1.29, 1.82) is 0 Å². The van der Waals surface area contributed by atoms with Crippen LogP contribution in [0.2, 0.25) is 0 Å². The second kappa shape index (κ2) is 13.1. The molecule has 0 heterocycles. The molecule has 3 unspecified atom stereocenters. The van der Waals surface area contributed by atoms with Gasteiger partial charge in [-0.3, -0.25) is 4.79 Å². The second-order valence-corrected chi connectivity index (χ2v) is 3.61. The summed E-state index contributed by atoms with van der Waals surface area (Å²) in [7, 11) is 0. The average molecular weight is 362 g/mol. The van der Waals surface area contributed by atoms with E-state index in [4.69, 9.17) is 10.2 Å². The maximum atomic E-state index is 11.1. The van der Waals surface area contributed by atoms with Gasteiger partial charge in [-0.2, -0.15) is 0 Å². The molecule has 11 heteroatoms. The smallest absolute Gasteiger partial charge is 1.00 e. The normalized spacial score (nSPS) is 13.6. The minimum absolute atomic E-state index is 0. The van der Waals surface area contributed by atoms with Gasteiger partial charge in [-0.05, 0) is 13.8 Å². The number of ether oxygens (including phenoxy) is 2. The van der Waals surface area contributed by atoms with Crippen LogP contribution in [0.1, 0.15) is 26.0 Å². The van der Waals surface area contributed by atoms with Gasteiger partial charge in [0.1, 0.15) is 12.2 Å². The summed E-state index contributed by atoms with van der Waals surface area (Å²) in [6.45, 7) is 2.10. The van der Waals surface area contributed by atoms with Crippen LogP contribution >= 0.6 is 0 Å². The van der Waals surface area contributed by atoms with Crippen LogP contribution in [0.3, 0.4) is 0 Å². The summed E-state index contributed by atoms with van der Waals surface area (Å²) in [5.74, 6) is -5.28. The van der Waals surface area contributed by atoms with Crippen LogP contribution in [-0.4, -0.2) is 133 Å². The summed E-state index contributed by atoms with van der Waals surface area (Å²) in [5, 5.41) is 26.7. The van der Waals surface area contributed by atoms with Crippen LogP contribution in [0.5, 0.6) is 0 Å². The number of hydrogen-bond donors (Lipinski definition) is 3. The van der Waals surface area contributed by atoms with E-state index in [0.717, 1.165) is 13.8 Å². The molecule has 0 saturated heterocycles. The van der Waals surface area contributed by atoms with Crippen molar-refractivity contribution < 1.29 is 49.7 Å². The van der Waals surface area contributed by atoms with Gasteiger partial charge in [-0.15, -0.1) is 0 Å². The zero-order valence-electron chi connectivity index (χ0n) is 15.6. The van der Waals surface area contributed by atoms with Gasteiger partial charge in [0, 0.05) is 0 Å². The van der Waals surface area contributed by atoms with Crippen LogP contribution in [0.4, 0.5) is 0 Å². The number of carbonyl (C=O) groups is 4. The van der Waals surface area contributed by atoms with E-state index in [1.807, 2.05) is 0 Å². The predicted molar refractivity (Wildman–Crippen MR) is 72.1 cm³/mol. The molecule has 3 atom stereocenters. The summed E-state index contributed by atoms with van der Waals surface area (Å²) >= 11 is 0. The van der Waals surface area contributed by atoms with E-state index < -0.39 is 48.6 Å². The molecule has 0 spiro atoms. The van der Waals surface area contributed by atoms with E-state index in [2.05, 4.69) is 9.47 Å². The van der Waals surface area contributed by atoms with Crippen molar-refractivity contribution in [3.05, 3.63) is 0 Å². The van der Waals surface area contributed by atoms with Gasteiger partial charge in [0.25, 0.3) is 0 Å². The SMILES string of the molecule is CC(O)C(=O)OC(=O)CC(O)C(=O)OC(=O)C(C)O.[Ca+2].[Ca+2].[H-].[H-].[H-].[H-]. The monoisotopic (exact) mass is 362 g/mol. The number of aliphatic hydroxyl groups is 3. The van der Waals surface area contributed by atoms with E-state index in [1.165, 1.54) is 0 Å². The summed E-state index contributed by atoms with van der Waals surface area (Å²) < 4.78 is 8.06. The Kier molecular flexibility index (Phi) is 16.6. The molecule has 0 fully saturated rings. The molecular formula is C10H18Ca2O9. The molecule has 0 aliphatic carbocycles. The van der Waals surface area contributed by atoms with E-state index in [0.29, 0.717) is 0 Å². The van der Waals surface area contributed by atoms with Gasteiger partial charge in [0.05, 0.1) is 6.42 Å². The first-order valence-electron chi connectivity index (χ1n) is 5.19. The van der Waals surface area contributed by atoms with Crippen LogP contribution in [0.25, 0.3) is 0 Å². The summed E-state index contributed by atoms with van der Waals surface area (Å²) in [5.41, 5.74) is 0. The van der Waals surface area contributed by atoms with Crippen molar-refractivity contribution >= 4 is 99.4 Å². The van der Waals surface area contributed by atoms with E-state index >= 15 is 0 Å².